The van der Waals surface area contributed by atoms with Gasteiger partial charge >= 0.3 is 0 Å². The van der Waals surface area contributed by atoms with Gasteiger partial charge in [0.05, 0.1) is 15.9 Å². The largest absolute Gasteiger partial charge is 0.342 e. The summed E-state index contributed by atoms with van der Waals surface area (Å²) >= 11 is 0. The van der Waals surface area contributed by atoms with Gasteiger partial charge in [0.2, 0.25) is 10.0 Å². The van der Waals surface area contributed by atoms with Gasteiger partial charge in [-0.15, -0.1) is 6.58 Å². The van der Waals surface area contributed by atoms with Crippen LogP contribution in [0.3, 0.4) is 0 Å². The van der Waals surface area contributed by atoms with E-state index in [1.54, 1.807) is 12.1 Å². The predicted molar refractivity (Wildman–Crippen MR) is 116 cm³/mol. The summed E-state index contributed by atoms with van der Waals surface area (Å²) in [7, 11) is -3.61. The van der Waals surface area contributed by atoms with E-state index in [4.69, 9.17) is 4.98 Å². The van der Waals surface area contributed by atoms with Crippen LogP contribution in [-0.4, -0.2) is 48.8 Å². The molecule has 2 N–H and O–H groups in total. The topological polar surface area (TPSA) is 95.2 Å². The number of imidazole rings is 1. The number of para-hydroxylation sites is 2. The van der Waals surface area contributed by atoms with E-state index >= 15 is 0 Å². The SMILES string of the molecule is C=CCNS(=O)(=O)c1ccc(C(=O)N2CCCC(c3nc4ccccc4[nH]3)C2)cc1. The average Bonchev–Trinajstić information content (AvgIpc) is 3.22. The lowest BCUT2D eigenvalue weighted by Crippen LogP contribution is -2.39. The monoisotopic (exact) mass is 424 g/mol. The Morgan fingerprint density at radius 1 is 1.23 bits per heavy atom. The van der Waals surface area contributed by atoms with Crippen LogP contribution in [0.25, 0.3) is 11.0 Å². The van der Waals surface area contributed by atoms with Gasteiger partial charge in [-0.05, 0) is 49.2 Å². The molecule has 30 heavy (non-hydrogen) atoms. The van der Waals surface area contributed by atoms with Crippen molar-refractivity contribution in [2.75, 3.05) is 19.6 Å². The van der Waals surface area contributed by atoms with Gasteiger partial charge in [-0.1, -0.05) is 18.2 Å². The number of aromatic amines is 1. The van der Waals surface area contributed by atoms with Gasteiger partial charge in [-0.2, -0.15) is 0 Å². The van der Waals surface area contributed by atoms with E-state index in [0.29, 0.717) is 18.7 Å². The Morgan fingerprint density at radius 2 is 2.00 bits per heavy atom. The van der Waals surface area contributed by atoms with Crippen LogP contribution in [0.4, 0.5) is 0 Å². The fourth-order valence-corrected chi connectivity index (χ4v) is 4.76. The number of hydrogen-bond donors (Lipinski definition) is 2. The molecule has 1 fully saturated rings. The molecular formula is C22H24N4O3S. The molecule has 1 aliphatic heterocycles. The highest BCUT2D eigenvalue weighted by Crippen LogP contribution is 2.27. The maximum absolute atomic E-state index is 13.0. The van der Waals surface area contributed by atoms with Crippen molar-refractivity contribution < 1.29 is 13.2 Å². The molecule has 7 nitrogen and oxygen atoms in total. The molecule has 0 spiro atoms. The minimum atomic E-state index is -3.61. The lowest BCUT2D eigenvalue weighted by molar-refractivity contribution is 0.0705. The highest BCUT2D eigenvalue weighted by atomic mass is 32.2. The molecule has 1 saturated heterocycles. The number of carbonyl (C=O) groups excluding carboxylic acids is 1. The number of H-pyrrole nitrogens is 1. The van der Waals surface area contributed by atoms with Crippen molar-refractivity contribution in [1.29, 1.82) is 0 Å². The summed E-state index contributed by atoms with van der Waals surface area (Å²) in [5.74, 6) is 0.958. The molecule has 0 radical (unpaired) electrons. The zero-order chi connectivity index (χ0) is 21.1. The van der Waals surface area contributed by atoms with Crippen LogP contribution in [0.2, 0.25) is 0 Å². The molecule has 1 amide bonds. The first-order valence-electron chi connectivity index (χ1n) is 9.92. The molecule has 0 saturated carbocycles. The van der Waals surface area contributed by atoms with E-state index in [2.05, 4.69) is 16.3 Å². The number of nitrogens with one attached hydrogen (secondary N) is 2. The number of likely N-dealkylation sites (tertiary alicyclic amines) is 1. The third-order valence-electron chi connectivity index (χ3n) is 5.33. The highest BCUT2D eigenvalue weighted by molar-refractivity contribution is 7.89. The van der Waals surface area contributed by atoms with E-state index in [1.807, 2.05) is 29.2 Å². The van der Waals surface area contributed by atoms with Crippen molar-refractivity contribution >= 4 is 27.0 Å². The van der Waals surface area contributed by atoms with E-state index < -0.39 is 10.0 Å². The van der Waals surface area contributed by atoms with Crippen LogP contribution in [0.5, 0.6) is 0 Å². The minimum absolute atomic E-state index is 0.0983. The van der Waals surface area contributed by atoms with Crippen molar-refractivity contribution in [3.8, 4) is 0 Å². The Balaban J connectivity index is 1.48. The van der Waals surface area contributed by atoms with Gasteiger partial charge in [0.15, 0.2) is 0 Å². The van der Waals surface area contributed by atoms with E-state index in [9.17, 15) is 13.2 Å². The number of rotatable bonds is 6. The number of piperidine rings is 1. The fourth-order valence-electron chi connectivity index (χ4n) is 3.76. The normalized spacial score (nSPS) is 17.2. The third-order valence-corrected chi connectivity index (χ3v) is 6.77. The summed E-state index contributed by atoms with van der Waals surface area (Å²) in [5.41, 5.74) is 2.40. The van der Waals surface area contributed by atoms with Gasteiger partial charge in [0.1, 0.15) is 5.82 Å². The summed E-state index contributed by atoms with van der Waals surface area (Å²) in [4.78, 5) is 23.0. The summed E-state index contributed by atoms with van der Waals surface area (Å²) in [5, 5.41) is 0. The predicted octanol–water partition coefficient (Wildman–Crippen LogP) is 3.05. The van der Waals surface area contributed by atoms with E-state index in [-0.39, 0.29) is 23.3 Å². The molecule has 0 aliphatic carbocycles. The number of hydrogen-bond acceptors (Lipinski definition) is 4. The van der Waals surface area contributed by atoms with E-state index in [0.717, 1.165) is 29.7 Å². The summed E-state index contributed by atoms with van der Waals surface area (Å²) in [6.45, 7) is 4.92. The lowest BCUT2D eigenvalue weighted by Gasteiger charge is -2.32. The zero-order valence-corrected chi connectivity index (χ0v) is 17.4. The van der Waals surface area contributed by atoms with Crippen LogP contribution < -0.4 is 4.72 Å². The van der Waals surface area contributed by atoms with Crippen LogP contribution in [0.1, 0.15) is 34.9 Å². The summed E-state index contributed by atoms with van der Waals surface area (Å²) in [6.07, 6.45) is 3.34. The Kier molecular flexibility index (Phi) is 5.69. The molecule has 2 heterocycles. The second-order valence-corrected chi connectivity index (χ2v) is 9.16. The molecule has 1 atom stereocenters. The first-order valence-corrected chi connectivity index (χ1v) is 11.4. The molecule has 1 aliphatic rings. The van der Waals surface area contributed by atoms with Crippen molar-refractivity contribution in [1.82, 2.24) is 19.6 Å². The quantitative estimate of drug-likeness (QED) is 0.595. The molecule has 1 unspecified atom stereocenters. The van der Waals surface area contributed by atoms with E-state index in [1.165, 1.54) is 18.2 Å². The van der Waals surface area contributed by atoms with Gasteiger partial charge in [-0.3, -0.25) is 4.79 Å². The Hall–Kier alpha value is -2.97. The zero-order valence-electron chi connectivity index (χ0n) is 16.5. The number of benzene rings is 2. The van der Waals surface area contributed by atoms with Crippen LogP contribution >= 0.6 is 0 Å². The first kappa shape index (κ1) is 20.3. The Bertz CT molecular complexity index is 1140. The molecule has 1 aromatic heterocycles. The second kappa shape index (κ2) is 8.41. The highest BCUT2D eigenvalue weighted by Gasteiger charge is 2.27. The number of sulfonamides is 1. The number of nitrogens with zero attached hydrogens (tertiary/aromatic N) is 2. The fraction of sp³-hybridized carbons (Fsp3) is 0.273. The molecule has 3 aromatic rings. The molecule has 2 aromatic carbocycles. The van der Waals surface area contributed by atoms with Gasteiger partial charge in [-0.25, -0.2) is 18.1 Å². The maximum atomic E-state index is 13.0. The molecule has 156 valence electrons. The third kappa shape index (κ3) is 4.15. The second-order valence-electron chi connectivity index (χ2n) is 7.39. The van der Waals surface area contributed by atoms with Gasteiger partial charge in [0, 0.05) is 31.1 Å². The number of carbonyl (C=O) groups is 1. The maximum Gasteiger partial charge on any atom is 0.253 e. The van der Waals surface area contributed by atoms with Gasteiger partial charge < -0.3 is 9.88 Å². The molecule has 8 heteroatoms. The summed E-state index contributed by atoms with van der Waals surface area (Å²) in [6, 6.07) is 13.9. The number of amides is 1. The smallest absolute Gasteiger partial charge is 0.253 e. The minimum Gasteiger partial charge on any atom is -0.342 e. The van der Waals surface area contributed by atoms with Crippen molar-refractivity contribution in [2.24, 2.45) is 0 Å². The Labute approximate surface area is 175 Å². The molecule has 4 rings (SSSR count). The summed E-state index contributed by atoms with van der Waals surface area (Å²) < 4.78 is 26.8. The standard InChI is InChI=1S/C22H24N4O3S/c1-2-13-23-30(28,29)18-11-9-16(10-12-18)22(27)26-14-5-6-17(15-26)21-24-19-7-3-4-8-20(19)25-21/h2-4,7-12,17,23H,1,5-6,13-15H2,(H,24,25). The van der Waals surface area contributed by atoms with Crippen LogP contribution in [0, 0.1) is 0 Å². The molecular weight excluding hydrogens is 400 g/mol. The van der Waals surface area contributed by atoms with Gasteiger partial charge in [0.25, 0.3) is 5.91 Å². The average molecular weight is 425 g/mol. The molecule has 0 bridgehead atoms. The van der Waals surface area contributed by atoms with Crippen molar-refractivity contribution in [3.05, 3.63) is 72.6 Å². The van der Waals surface area contributed by atoms with Crippen LogP contribution in [-0.2, 0) is 10.0 Å². The van der Waals surface area contributed by atoms with Crippen molar-refractivity contribution in [2.45, 2.75) is 23.7 Å². The number of aromatic nitrogens is 2. The van der Waals surface area contributed by atoms with Crippen molar-refractivity contribution in [3.63, 3.8) is 0 Å². The number of fused-ring (bicyclic) bond motifs is 1. The Morgan fingerprint density at radius 3 is 2.73 bits per heavy atom. The van der Waals surface area contributed by atoms with Crippen LogP contribution in [0.15, 0.2) is 66.1 Å². The first-order chi connectivity index (χ1) is 14.5. The lowest BCUT2D eigenvalue weighted by atomic mass is 9.96.